The number of anilines is 2. The average Bonchev–Trinajstić information content (AvgIpc) is 2.52. The molecule has 1 N–H and O–H groups in total. The van der Waals surface area contributed by atoms with Gasteiger partial charge in [0.2, 0.25) is 0 Å². The van der Waals surface area contributed by atoms with Crippen molar-refractivity contribution in [1.29, 1.82) is 0 Å². The number of hydrogen-bond donors (Lipinski definition) is 1. The van der Waals surface area contributed by atoms with E-state index in [0.717, 1.165) is 43.4 Å². The number of aromatic nitrogens is 3. The third-order valence-corrected chi connectivity index (χ3v) is 3.73. The molecule has 0 saturated carbocycles. The van der Waals surface area contributed by atoms with Crippen molar-refractivity contribution in [3.8, 4) is 0 Å². The van der Waals surface area contributed by atoms with Gasteiger partial charge in [0, 0.05) is 38.6 Å². The van der Waals surface area contributed by atoms with E-state index in [2.05, 4.69) is 58.2 Å². The van der Waals surface area contributed by atoms with Gasteiger partial charge >= 0.3 is 0 Å². The maximum atomic E-state index is 4.55. The number of aryl methyl sites for hydroxylation is 1. The van der Waals surface area contributed by atoms with E-state index in [9.17, 15) is 0 Å². The van der Waals surface area contributed by atoms with Gasteiger partial charge in [-0.1, -0.05) is 13.8 Å². The summed E-state index contributed by atoms with van der Waals surface area (Å²) >= 11 is 0. The number of rotatable bonds is 8. The van der Waals surface area contributed by atoms with Crippen LogP contribution in [0.15, 0.2) is 30.6 Å². The Labute approximate surface area is 139 Å². The van der Waals surface area contributed by atoms with E-state index in [1.807, 2.05) is 25.4 Å². The van der Waals surface area contributed by atoms with Crippen LogP contribution in [0.4, 0.5) is 11.6 Å². The van der Waals surface area contributed by atoms with Gasteiger partial charge < -0.3 is 10.2 Å². The lowest BCUT2D eigenvalue weighted by atomic mass is 10.1. The second-order valence-electron chi connectivity index (χ2n) is 6.29. The van der Waals surface area contributed by atoms with Gasteiger partial charge in [0.15, 0.2) is 0 Å². The first-order valence-electron chi connectivity index (χ1n) is 8.24. The number of hydrogen-bond acceptors (Lipinski definition) is 5. The lowest BCUT2D eigenvalue weighted by Crippen LogP contribution is -2.22. The molecule has 0 aliphatic rings. The van der Waals surface area contributed by atoms with Crippen molar-refractivity contribution in [3.63, 3.8) is 0 Å². The molecule has 0 aromatic carbocycles. The highest BCUT2D eigenvalue weighted by molar-refractivity contribution is 5.49. The fraction of sp³-hybridized carbons (Fsp3) is 0.500. The lowest BCUT2D eigenvalue weighted by molar-refractivity contribution is 0.606. The number of nitrogens with zero attached hydrogens (tertiary/aromatic N) is 4. The van der Waals surface area contributed by atoms with Crippen LogP contribution < -0.4 is 10.2 Å². The van der Waals surface area contributed by atoms with Gasteiger partial charge in [-0.15, -0.1) is 0 Å². The summed E-state index contributed by atoms with van der Waals surface area (Å²) < 4.78 is 0. The Morgan fingerprint density at radius 3 is 2.61 bits per heavy atom. The van der Waals surface area contributed by atoms with Crippen LogP contribution in [0.5, 0.6) is 0 Å². The third kappa shape index (κ3) is 5.85. The van der Waals surface area contributed by atoms with Gasteiger partial charge in [0.25, 0.3) is 0 Å². The van der Waals surface area contributed by atoms with E-state index in [1.54, 1.807) is 0 Å². The van der Waals surface area contributed by atoms with Gasteiger partial charge in [-0.3, -0.25) is 4.98 Å². The van der Waals surface area contributed by atoms with Crippen LogP contribution in [-0.2, 0) is 6.42 Å². The zero-order valence-corrected chi connectivity index (χ0v) is 14.6. The summed E-state index contributed by atoms with van der Waals surface area (Å²) in [5, 5.41) is 3.40. The average molecular weight is 313 g/mol. The summed E-state index contributed by atoms with van der Waals surface area (Å²) in [5.74, 6) is 3.35. The zero-order chi connectivity index (χ0) is 16.7. The van der Waals surface area contributed by atoms with Gasteiger partial charge in [-0.2, -0.15) is 0 Å². The Morgan fingerprint density at radius 1 is 1.17 bits per heavy atom. The maximum Gasteiger partial charge on any atom is 0.134 e. The SMILES string of the molecule is Cc1nc(NCCC(C)C)cc(N(C)CCc2ccncc2)n1. The quantitative estimate of drug-likeness (QED) is 0.810. The maximum absolute atomic E-state index is 4.55. The van der Waals surface area contributed by atoms with Crippen LogP contribution in [0.2, 0.25) is 0 Å². The molecule has 2 aromatic rings. The summed E-state index contributed by atoms with van der Waals surface area (Å²) in [4.78, 5) is 15.2. The van der Waals surface area contributed by atoms with Crippen molar-refractivity contribution >= 4 is 11.6 Å². The fourth-order valence-electron chi connectivity index (χ4n) is 2.29. The zero-order valence-electron chi connectivity index (χ0n) is 14.6. The number of likely N-dealkylation sites (N-methyl/N-ethyl adjacent to an activating group) is 1. The molecule has 2 rings (SSSR count). The molecule has 2 aromatic heterocycles. The molecule has 23 heavy (non-hydrogen) atoms. The molecule has 0 aliphatic carbocycles. The summed E-state index contributed by atoms with van der Waals surface area (Å²) in [5.41, 5.74) is 1.29. The molecule has 0 unspecified atom stereocenters. The van der Waals surface area contributed by atoms with E-state index in [0.29, 0.717) is 5.92 Å². The fourth-order valence-corrected chi connectivity index (χ4v) is 2.29. The van der Waals surface area contributed by atoms with Gasteiger partial charge in [0.05, 0.1) is 0 Å². The molecule has 0 spiro atoms. The monoisotopic (exact) mass is 313 g/mol. The van der Waals surface area contributed by atoms with Crippen molar-refractivity contribution in [2.24, 2.45) is 5.92 Å². The van der Waals surface area contributed by atoms with Crippen LogP contribution in [0.25, 0.3) is 0 Å². The van der Waals surface area contributed by atoms with Gasteiger partial charge in [0.1, 0.15) is 17.5 Å². The largest absolute Gasteiger partial charge is 0.370 e. The topological polar surface area (TPSA) is 53.9 Å². The minimum Gasteiger partial charge on any atom is -0.370 e. The third-order valence-electron chi connectivity index (χ3n) is 3.73. The van der Waals surface area contributed by atoms with Crippen LogP contribution in [0, 0.1) is 12.8 Å². The van der Waals surface area contributed by atoms with Crippen molar-refractivity contribution in [2.75, 3.05) is 30.4 Å². The summed E-state index contributed by atoms with van der Waals surface area (Å²) in [6.07, 6.45) is 5.77. The summed E-state index contributed by atoms with van der Waals surface area (Å²) in [6, 6.07) is 6.13. The Morgan fingerprint density at radius 2 is 1.91 bits per heavy atom. The van der Waals surface area contributed by atoms with Crippen molar-refractivity contribution in [2.45, 2.75) is 33.6 Å². The highest BCUT2D eigenvalue weighted by Gasteiger charge is 2.07. The molecule has 124 valence electrons. The highest BCUT2D eigenvalue weighted by Crippen LogP contribution is 2.15. The molecule has 5 nitrogen and oxygen atoms in total. The molecular formula is C18H27N5. The van der Waals surface area contributed by atoms with Crippen LogP contribution in [0.3, 0.4) is 0 Å². The summed E-state index contributed by atoms with van der Waals surface area (Å²) in [6.45, 7) is 8.24. The number of nitrogens with one attached hydrogen (secondary N) is 1. The van der Waals surface area contributed by atoms with Crippen molar-refractivity contribution in [3.05, 3.63) is 42.0 Å². The minimum absolute atomic E-state index is 0.688. The van der Waals surface area contributed by atoms with Crippen LogP contribution in [-0.4, -0.2) is 35.1 Å². The first-order valence-corrected chi connectivity index (χ1v) is 8.24. The first kappa shape index (κ1) is 17.2. The van der Waals surface area contributed by atoms with Crippen LogP contribution >= 0.6 is 0 Å². The van der Waals surface area contributed by atoms with Crippen LogP contribution in [0.1, 0.15) is 31.7 Å². The standard InChI is InChI=1S/C18H27N5/c1-14(2)5-11-20-17-13-18(22-15(3)21-17)23(4)12-8-16-6-9-19-10-7-16/h6-7,9-10,13-14H,5,8,11-12H2,1-4H3,(H,20,21,22). The van der Waals surface area contributed by atoms with E-state index >= 15 is 0 Å². The second kappa shape index (κ2) is 8.46. The Hall–Kier alpha value is -2.17. The predicted octanol–water partition coefficient (Wildman–Crippen LogP) is 3.32. The molecule has 0 amide bonds. The first-order chi connectivity index (χ1) is 11.0. The minimum atomic E-state index is 0.688. The molecule has 0 saturated heterocycles. The highest BCUT2D eigenvalue weighted by atomic mass is 15.2. The molecule has 5 heteroatoms. The van der Waals surface area contributed by atoms with E-state index in [1.165, 1.54) is 5.56 Å². The molecule has 0 bridgehead atoms. The normalized spacial score (nSPS) is 10.8. The van der Waals surface area contributed by atoms with Gasteiger partial charge in [-0.25, -0.2) is 9.97 Å². The second-order valence-corrected chi connectivity index (χ2v) is 6.29. The van der Waals surface area contributed by atoms with Crippen molar-refractivity contribution in [1.82, 2.24) is 15.0 Å². The molecule has 2 heterocycles. The van der Waals surface area contributed by atoms with E-state index in [4.69, 9.17) is 0 Å². The Balaban J connectivity index is 1.96. The molecule has 0 aliphatic heterocycles. The molecular weight excluding hydrogens is 286 g/mol. The molecule has 0 atom stereocenters. The molecule has 0 radical (unpaired) electrons. The molecule has 0 fully saturated rings. The predicted molar refractivity (Wildman–Crippen MR) is 95.9 cm³/mol. The van der Waals surface area contributed by atoms with Crippen molar-refractivity contribution < 1.29 is 0 Å². The lowest BCUT2D eigenvalue weighted by Gasteiger charge is -2.19. The Kier molecular flexibility index (Phi) is 6.32. The van der Waals surface area contributed by atoms with E-state index in [-0.39, 0.29) is 0 Å². The number of pyridine rings is 1. The summed E-state index contributed by atoms with van der Waals surface area (Å²) in [7, 11) is 2.07. The smallest absolute Gasteiger partial charge is 0.134 e. The van der Waals surface area contributed by atoms with E-state index < -0.39 is 0 Å². The van der Waals surface area contributed by atoms with Gasteiger partial charge in [-0.05, 0) is 43.4 Å². The Bertz CT molecular complexity index is 598.